The number of nitrogens with two attached hydrogens (primary N) is 1. The molecule has 4 rings (SSSR count). The summed E-state index contributed by atoms with van der Waals surface area (Å²) in [7, 11) is 26.5. The van der Waals surface area contributed by atoms with E-state index < -0.39 is 33.5 Å². The zero-order valence-corrected chi connectivity index (χ0v) is 20.9. The summed E-state index contributed by atoms with van der Waals surface area (Å²) in [6.45, 7) is -0.552. The molecule has 1 aliphatic heterocycles. The lowest BCUT2D eigenvalue weighted by Crippen LogP contribution is -2.70. The molecule has 1 atom stereocenters. The van der Waals surface area contributed by atoms with Gasteiger partial charge in [-0.25, -0.2) is 12.8 Å². The largest absolute Gasteiger partial charge is 0.480 e. The Morgan fingerprint density at radius 3 is 2.16 bits per heavy atom. The van der Waals surface area contributed by atoms with E-state index in [4.69, 9.17) is 54.8 Å². The van der Waals surface area contributed by atoms with Crippen LogP contribution in [0.3, 0.4) is 0 Å². The maximum atomic E-state index is 13.9. The fourth-order valence-corrected chi connectivity index (χ4v) is 5.99. The van der Waals surface area contributed by atoms with Crippen LogP contribution >= 0.6 is 0 Å². The van der Waals surface area contributed by atoms with Crippen LogP contribution in [0.25, 0.3) is 0 Å². The number of halogens is 1. The highest BCUT2D eigenvalue weighted by Crippen LogP contribution is 2.38. The van der Waals surface area contributed by atoms with E-state index >= 15 is 0 Å². The van der Waals surface area contributed by atoms with Gasteiger partial charge in [-0.2, -0.15) is 4.31 Å². The van der Waals surface area contributed by atoms with Gasteiger partial charge < -0.3 is 15.6 Å². The number of nitrogens with zero attached hydrogens (tertiary/aromatic N) is 1. The Morgan fingerprint density at radius 2 is 1.58 bits per heavy atom. The fraction of sp³-hybridized carbons (Fsp3) is 0.208. The molecule has 3 N–H and O–H groups in total. The summed E-state index contributed by atoms with van der Waals surface area (Å²) in [6.07, 6.45) is -0.0671. The van der Waals surface area contributed by atoms with Crippen molar-refractivity contribution in [2.45, 2.75) is 23.0 Å². The van der Waals surface area contributed by atoms with Crippen LogP contribution in [0, 0.1) is 5.82 Å². The average Bonchev–Trinajstić information content (AvgIpc) is 2.84. The van der Waals surface area contributed by atoms with Gasteiger partial charge in [0.05, 0.1) is 18.0 Å². The standard InChI is InChI=1S/C24H18B5FN2O5S/c25-18-17(19(26)21(28)22(29)20(18)27)24(37-14-5-2-4-13(30)9-14)10-32(11-24)38(35,36)15-6-1-3-12(7-15)8-16(31)23(33)34/h1-7,9,16H,8,10-11,31H2,(H,33,34)/t16-/m0/s1. The van der Waals surface area contributed by atoms with Crippen molar-refractivity contribution in [1.82, 2.24) is 4.31 Å². The number of ether oxygens (including phenoxy) is 1. The molecule has 1 heterocycles. The van der Waals surface area contributed by atoms with Crippen LogP contribution in [-0.2, 0) is 26.8 Å². The van der Waals surface area contributed by atoms with Crippen molar-refractivity contribution < 1.29 is 27.4 Å². The number of benzene rings is 3. The normalized spacial score (nSPS) is 15.9. The molecule has 0 saturated carbocycles. The van der Waals surface area contributed by atoms with E-state index in [0.717, 1.165) is 10.4 Å². The van der Waals surface area contributed by atoms with E-state index in [1.54, 1.807) is 6.07 Å². The van der Waals surface area contributed by atoms with Gasteiger partial charge in [0.2, 0.25) is 10.0 Å². The van der Waals surface area contributed by atoms with Crippen LogP contribution in [0.5, 0.6) is 5.75 Å². The maximum absolute atomic E-state index is 13.9. The molecule has 3 aromatic carbocycles. The summed E-state index contributed by atoms with van der Waals surface area (Å²) in [5, 5.41) is 9.08. The predicted molar refractivity (Wildman–Crippen MR) is 147 cm³/mol. The van der Waals surface area contributed by atoms with E-state index in [1.807, 2.05) is 0 Å². The molecule has 0 amide bonds. The Kier molecular flexibility index (Phi) is 7.62. The van der Waals surface area contributed by atoms with Gasteiger partial charge in [0.1, 0.15) is 56.8 Å². The van der Waals surface area contributed by atoms with Crippen molar-refractivity contribution in [1.29, 1.82) is 0 Å². The second-order valence-corrected chi connectivity index (χ2v) is 11.0. The fourth-order valence-electron chi connectivity index (χ4n) is 4.39. The van der Waals surface area contributed by atoms with Gasteiger partial charge in [-0.05, 0) is 41.8 Å². The molecule has 0 unspecified atom stereocenters. The van der Waals surface area contributed by atoms with Gasteiger partial charge in [0.15, 0.2) is 5.60 Å². The third-order valence-corrected chi connectivity index (χ3v) is 8.22. The quantitative estimate of drug-likeness (QED) is 0.303. The Morgan fingerprint density at radius 1 is 1.00 bits per heavy atom. The molecule has 0 bridgehead atoms. The molecule has 10 radical (unpaired) electrons. The number of carboxylic acids is 1. The van der Waals surface area contributed by atoms with Gasteiger partial charge in [-0.1, -0.05) is 29.1 Å². The van der Waals surface area contributed by atoms with E-state index in [-0.39, 0.29) is 63.0 Å². The first-order valence-electron chi connectivity index (χ1n) is 11.3. The third-order valence-electron chi connectivity index (χ3n) is 6.44. The van der Waals surface area contributed by atoms with E-state index in [1.165, 1.54) is 36.4 Å². The van der Waals surface area contributed by atoms with Crippen LogP contribution in [0.2, 0.25) is 0 Å². The summed E-state index contributed by atoms with van der Waals surface area (Å²) in [5.74, 6) is -1.69. The Bertz CT molecular complexity index is 1500. The molecule has 0 aromatic heterocycles. The van der Waals surface area contributed by atoms with Crippen LogP contribution in [-0.4, -0.2) is 82.2 Å². The lowest BCUT2D eigenvalue weighted by atomic mass is 9.57. The number of sulfonamides is 1. The maximum Gasteiger partial charge on any atom is 0.320 e. The van der Waals surface area contributed by atoms with Crippen molar-refractivity contribution in [2.24, 2.45) is 5.73 Å². The highest BCUT2D eigenvalue weighted by atomic mass is 32.2. The molecule has 1 saturated heterocycles. The Labute approximate surface area is 227 Å². The SMILES string of the molecule is [B]c1c([B])c([B])c(C2(Oc3cccc(F)c3)CN(S(=O)(=O)c3cccc(C[C@H](N)C(=O)O)c3)C2)c([B])c1[B]. The summed E-state index contributed by atoms with van der Waals surface area (Å²) >= 11 is 0. The molecular formula is C24H18B5FN2O5S. The summed E-state index contributed by atoms with van der Waals surface area (Å²) in [5.41, 5.74) is 4.50. The van der Waals surface area contributed by atoms with Crippen LogP contribution in [0.1, 0.15) is 11.1 Å². The third kappa shape index (κ3) is 5.04. The second kappa shape index (κ2) is 10.3. The number of rotatable bonds is 8. The van der Waals surface area contributed by atoms with Gasteiger partial charge in [-0.15, -0.1) is 16.4 Å². The van der Waals surface area contributed by atoms with Gasteiger partial charge in [0.25, 0.3) is 0 Å². The lowest BCUT2D eigenvalue weighted by Gasteiger charge is -2.51. The minimum Gasteiger partial charge on any atom is -0.480 e. The van der Waals surface area contributed by atoms with Crippen molar-refractivity contribution in [2.75, 3.05) is 13.1 Å². The molecule has 1 aliphatic rings. The molecule has 0 aliphatic carbocycles. The van der Waals surface area contributed by atoms with Gasteiger partial charge in [0, 0.05) is 6.07 Å². The lowest BCUT2D eigenvalue weighted by molar-refractivity contribution is -0.138. The topological polar surface area (TPSA) is 110 Å². The van der Waals surface area contributed by atoms with Crippen molar-refractivity contribution in [3.8, 4) is 5.75 Å². The zero-order valence-electron chi connectivity index (χ0n) is 20.1. The molecule has 182 valence electrons. The average molecular weight is 520 g/mol. The number of hydrogen-bond donors (Lipinski definition) is 2. The summed E-state index contributed by atoms with van der Waals surface area (Å²) in [4.78, 5) is 11.0. The number of carboxylic acid groups (broad SMARTS) is 1. The highest BCUT2D eigenvalue weighted by Gasteiger charge is 2.53. The monoisotopic (exact) mass is 520 g/mol. The second-order valence-electron chi connectivity index (χ2n) is 9.07. The summed E-state index contributed by atoms with van der Waals surface area (Å²) < 4.78 is 48.2. The molecule has 3 aromatic rings. The first kappa shape index (κ1) is 28.1. The molecular weight excluding hydrogens is 501 g/mol. The van der Waals surface area contributed by atoms with E-state index in [0.29, 0.717) is 5.56 Å². The molecule has 0 spiro atoms. The van der Waals surface area contributed by atoms with Crippen LogP contribution in [0.15, 0.2) is 53.4 Å². The molecule has 7 nitrogen and oxygen atoms in total. The predicted octanol–water partition coefficient (Wildman–Crippen LogP) is -3.27. The smallest absolute Gasteiger partial charge is 0.320 e. The van der Waals surface area contributed by atoms with Crippen molar-refractivity contribution in [3.05, 3.63) is 65.5 Å². The first-order valence-corrected chi connectivity index (χ1v) is 12.7. The number of hydrogen-bond acceptors (Lipinski definition) is 5. The minimum atomic E-state index is -4.09. The highest BCUT2D eigenvalue weighted by molar-refractivity contribution is 7.89. The number of carbonyl (C=O) groups is 1. The van der Waals surface area contributed by atoms with Crippen molar-refractivity contribution >= 4 is 82.5 Å². The minimum absolute atomic E-state index is 0.0233. The molecule has 14 heteroatoms. The molecule has 1 fully saturated rings. The Balaban J connectivity index is 1.73. The Hall–Kier alpha value is -2.95. The number of aliphatic carboxylic acids is 1. The first-order chi connectivity index (χ1) is 17.8. The van der Waals surface area contributed by atoms with E-state index in [9.17, 15) is 17.6 Å². The molecule has 38 heavy (non-hydrogen) atoms. The van der Waals surface area contributed by atoms with E-state index in [2.05, 4.69) is 0 Å². The van der Waals surface area contributed by atoms with Gasteiger partial charge >= 0.3 is 5.97 Å². The van der Waals surface area contributed by atoms with Crippen LogP contribution in [0.4, 0.5) is 4.39 Å². The summed E-state index contributed by atoms with van der Waals surface area (Å²) in [6, 6.07) is 9.88. The van der Waals surface area contributed by atoms with Gasteiger partial charge in [-0.3, -0.25) is 4.79 Å². The zero-order chi connectivity index (χ0) is 28.0. The van der Waals surface area contributed by atoms with Crippen molar-refractivity contribution in [3.63, 3.8) is 0 Å². The van der Waals surface area contributed by atoms with Crippen LogP contribution < -0.4 is 37.8 Å².